The van der Waals surface area contributed by atoms with E-state index in [0.717, 1.165) is 28.0 Å². The number of carbonyl (C=O) groups excluding carboxylic acids is 1. The highest BCUT2D eigenvalue weighted by Crippen LogP contribution is 2.37. The van der Waals surface area contributed by atoms with Crippen LogP contribution in [0.1, 0.15) is 52.7 Å². The summed E-state index contributed by atoms with van der Waals surface area (Å²) in [5.74, 6) is 0.0400. The molecule has 1 aliphatic carbocycles. The number of nitrogens with zero attached hydrogens (tertiary/aromatic N) is 1. The van der Waals surface area contributed by atoms with Gasteiger partial charge in [0.2, 0.25) is 5.78 Å². The molecule has 0 unspecified atom stereocenters. The number of aryl methyl sites for hydroxylation is 2. The van der Waals surface area contributed by atoms with Gasteiger partial charge in [0, 0.05) is 5.57 Å². The molecule has 0 radical (unpaired) electrons. The van der Waals surface area contributed by atoms with Gasteiger partial charge in [0.1, 0.15) is 5.71 Å². The van der Waals surface area contributed by atoms with Crippen LogP contribution in [-0.4, -0.2) is 11.5 Å². The van der Waals surface area contributed by atoms with Crippen molar-refractivity contribution in [1.29, 1.82) is 0 Å². The number of rotatable bonds is 1. The molecule has 0 N–H and O–H groups in total. The first kappa shape index (κ1) is 18.4. The monoisotopic (exact) mass is 323 g/mol. The van der Waals surface area contributed by atoms with E-state index in [0.29, 0.717) is 5.71 Å². The normalized spacial score (nSPS) is 17.8. The van der Waals surface area contributed by atoms with E-state index >= 15 is 0 Å². The van der Waals surface area contributed by atoms with Gasteiger partial charge in [0.05, 0.1) is 5.69 Å². The predicted molar refractivity (Wildman–Crippen MR) is 103 cm³/mol. The van der Waals surface area contributed by atoms with Gasteiger partial charge in [-0.25, -0.2) is 4.99 Å². The molecular formula is C22H29NO. The highest BCUT2D eigenvalue weighted by atomic mass is 16.1. The van der Waals surface area contributed by atoms with Crippen LogP contribution in [0, 0.1) is 24.7 Å². The van der Waals surface area contributed by atoms with Gasteiger partial charge in [0.25, 0.3) is 0 Å². The number of para-hydroxylation sites is 1. The molecular weight excluding hydrogens is 294 g/mol. The van der Waals surface area contributed by atoms with Crippen LogP contribution < -0.4 is 0 Å². The Labute approximate surface area is 146 Å². The molecule has 0 saturated carbocycles. The zero-order valence-corrected chi connectivity index (χ0v) is 16.2. The topological polar surface area (TPSA) is 29.4 Å². The van der Waals surface area contributed by atoms with E-state index in [9.17, 15) is 4.79 Å². The quantitative estimate of drug-likeness (QED) is 0.591. The van der Waals surface area contributed by atoms with E-state index in [4.69, 9.17) is 4.99 Å². The number of aliphatic imine (C=N–C) groups is 1. The van der Waals surface area contributed by atoms with E-state index in [2.05, 4.69) is 47.6 Å². The summed E-state index contributed by atoms with van der Waals surface area (Å²) in [6, 6.07) is 6.09. The molecule has 0 saturated heterocycles. The van der Waals surface area contributed by atoms with Gasteiger partial charge in [-0.05, 0) is 47.5 Å². The van der Waals surface area contributed by atoms with Crippen molar-refractivity contribution in [1.82, 2.24) is 0 Å². The highest BCUT2D eigenvalue weighted by Gasteiger charge is 2.32. The Hall–Kier alpha value is -1.96. The van der Waals surface area contributed by atoms with Crippen LogP contribution in [-0.2, 0) is 4.79 Å². The standard InChI is InChI=1S/C22H29NO/c1-14-10-9-11-15(2)19(14)23-18-13-16(21(3,4)5)12-17(20(18)24)22(6,7)8/h9-13H,1-8H3. The lowest BCUT2D eigenvalue weighted by Crippen LogP contribution is -2.29. The summed E-state index contributed by atoms with van der Waals surface area (Å²) in [6.07, 6.45) is 4.02. The van der Waals surface area contributed by atoms with Crippen molar-refractivity contribution in [2.75, 3.05) is 0 Å². The molecule has 0 bridgehead atoms. The molecule has 0 aromatic heterocycles. The second-order valence-electron chi connectivity index (χ2n) is 8.72. The molecule has 24 heavy (non-hydrogen) atoms. The van der Waals surface area contributed by atoms with Gasteiger partial charge in [-0.15, -0.1) is 0 Å². The minimum atomic E-state index is -0.205. The van der Waals surface area contributed by atoms with Crippen LogP contribution in [0.25, 0.3) is 0 Å². The van der Waals surface area contributed by atoms with E-state index in [-0.39, 0.29) is 16.6 Å². The third-order valence-electron chi connectivity index (χ3n) is 4.42. The van der Waals surface area contributed by atoms with Crippen molar-refractivity contribution < 1.29 is 4.79 Å². The average molecular weight is 323 g/mol. The Bertz CT molecular complexity index is 742. The van der Waals surface area contributed by atoms with Gasteiger partial charge in [-0.2, -0.15) is 0 Å². The third-order valence-corrected chi connectivity index (χ3v) is 4.42. The summed E-state index contributed by atoms with van der Waals surface area (Å²) in [5, 5.41) is 0. The summed E-state index contributed by atoms with van der Waals surface area (Å²) >= 11 is 0. The molecule has 128 valence electrons. The van der Waals surface area contributed by atoms with E-state index in [1.165, 1.54) is 0 Å². The number of hydrogen-bond donors (Lipinski definition) is 0. The summed E-state index contributed by atoms with van der Waals surface area (Å²) in [7, 11) is 0. The molecule has 0 amide bonds. The Morgan fingerprint density at radius 1 is 0.833 bits per heavy atom. The number of hydrogen-bond acceptors (Lipinski definition) is 2. The number of benzene rings is 1. The lowest BCUT2D eigenvalue weighted by atomic mass is 9.74. The maximum absolute atomic E-state index is 13.0. The van der Waals surface area contributed by atoms with Crippen LogP contribution in [0.2, 0.25) is 0 Å². The number of carbonyl (C=O) groups is 1. The number of ketones is 1. The van der Waals surface area contributed by atoms with Crippen molar-refractivity contribution in [3.63, 3.8) is 0 Å². The molecule has 0 atom stereocenters. The lowest BCUT2D eigenvalue weighted by molar-refractivity contribution is -0.110. The summed E-state index contributed by atoms with van der Waals surface area (Å²) < 4.78 is 0. The zero-order valence-electron chi connectivity index (χ0n) is 16.2. The fraction of sp³-hybridized carbons (Fsp3) is 0.455. The highest BCUT2D eigenvalue weighted by molar-refractivity contribution is 6.51. The second-order valence-corrected chi connectivity index (χ2v) is 8.72. The summed E-state index contributed by atoms with van der Waals surface area (Å²) in [4.78, 5) is 17.8. The van der Waals surface area contributed by atoms with Gasteiger partial charge >= 0.3 is 0 Å². The van der Waals surface area contributed by atoms with E-state index < -0.39 is 0 Å². The number of Topliss-reactive ketones (excluding diaryl/α,β-unsaturated/α-hetero) is 1. The smallest absolute Gasteiger partial charge is 0.207 e. The first-order valence-electron chi connectivity index (χ1n) is 8.55. The van der Waals surface area contributed by atoms with Crippen LogP contribution in [0.3, 0.4) is 0 Å². The fourth-order valence-corrected chi connectivity index (χ4v) is 2.79. The molecule has 2 rings (SSSR count). The van der Waals surface area contributed by atoms with E-state index in [1.54, 1.807) is 0 Å². The Morgan fingerprint density at radius 2 is 1.38 bits per heavy atom. The first-order chi connectivity index (χ1) is 10.9. The number of allylic oxidation sites excluding steroid dienone is 4. The van der Waals surface area contributed by atoms with Crippen LogP contribution in [0.15, 0.2) is 46.5 Å². The Kier molecular flexibility index (Phi) is 4.72. The average Bonchev–Trinajstić information content (AvgIpc) is 2.42. The Morgan fingerprint density at radius 3 is 1.83 bits per heavy atom. The van der Waals surface area contributed by atoms with Gasteiger partial charge in [0.15, 0.2) is 0 Å². The summed E-state index contributed by atoms with van der Waals surface area (Å²) in [6.45, 7) is 16.8. The molecule has 2 heteroatoms. The largest absolute Gasteiger partial charge is 0.287 e. The van der Waals surface area contributed by atoms with Crippen molar-refractivity contribution in [3.8, 4) is 0 Å². The SMILES string of the molecule is Cc1cccc(C)c1N=C1C=C(C(C)(C)C)C=C(C(C)(C)C)C1=O. The van der Waals surface area contributed by atoms with Crippen LogP contribution >= 0.6 is 0 Å². The zero-order chi connectivity index (χ0) is 18.3. The lowest BCUT2D eigenvalue weighted by Gasteiger charge is -2.30. The molecule has 0 heterocycles. The van der Waals surface area contributed by atoms with Crippen molar-refractivity contribution in [2.24, 2.45) is 15.8 Å². The van der Waals surface area contributed by atoms with Crippen LogP contribution in [0.4, 0.5) is 5.69 Å². The minimum absolute atomic E-state index is 0.0290. The maximum Gasteiger partial charge on any atom is 0.207 e. The molecule has 1 aromatic rings. The molecule has 1 aromatic carbocycles. The van der Waals surface area contributed by atoms with Gasteiger partial charge < -0.3 is 0 Å². The third kappa shape index (κ3) is 3.75. The molecule has 2 nitrogen and oxygen atoms in total. The fourth-order valence-electron chi connectivity index (χ4n) is 2.79. The van der Waals surface area contributed by atoms with Crippen LogP contribution in [0.5, 0.6) is 0 Å². The summed E-state index contributed by atoms with van der Waals surface area (Å²) in [5.41, 5.74) is 5.38. The maximum atomic E-state index is 13.0. The molecule has 0 spiro atoms. The molecule has 0 aliphatic heterocycles. The Balaban J connectivity index is 2.66. The van der Waals surface area contributed by atoms with Crippen molar-refractivity contribution >= 4 is 17.2 Å². The molecule has 1 aliphatic rings. The molecule has 0 fully saturated rings. The van der Waals surface area contributed by atoms with Gasteiger partial charge in [-0.1, -0.05) is 65.8 Å². The predicted octanol–water partition coefficient (Wildman–Crippen LogP) is 5.90. The first-order valence-corrected chi connectivity index (χ1v) is 8.55. The second kappa shape index (κ2) is 6.16. The van der Waals surface area contributed by atoms with E-state index in [1.807, 2.05) is 38.1 Å². The van der Waals surface area contributed by atoms with Crippen molar-refractivity contribution in [3.05, 3.63) is 52.6 Å². The minimum Gasteiger partial charge on any atom is -0.287 e. The van der Waals surface area contributed by atoms with Crippen molar-refractivity contribution in [2.45, 2.75) is 55.4 Å². The van der Waals surface area contributed by atoms with Gasteiger partial charge in [-0.3, -0.25) is 4.79 Å².